The molecule has 44 heavy (non-hydrogen) atoms. The van der Waals surface area contributed by atoms with E-state index in [1.54, 1.807) is 26.6 Å². The summed E-state index contributed by atoms with van der Waals surface area (Å²) in [6.07, 6.45) is 11.3. The summed E-state index contributed by atoms with van der Waals surface area (Å²) in [4.78, 5) is 18.9. The SMILES string of the molecule is COc1nc(-c2cccc(-c3cccc(-c4cnc(CNCC5CCC5)c(OC)n4)c3Cl)c2Cl)cnc1CNCC1CCC1. The van der Waals surface area contributed by atoms with Crippen molar-refractivity contribution in [3.8, 4) is 45.4 Å². The van der Waals surface area contributed by atoms with Gasteiger partial charge in [0, 0.05) is 35.3 Å². The summed E-state index contributed by atoms with van der Waals surface area (Å²) in [7, 11) is 3.23. The largest absolute Gasteiger partial charge is 0.480 e. The average Bonchev–Trinajstić information content (AvgIpc) is 3.00. The predicted molar refractivity (Wildman–Crippen MR) is 175 cm³/mol. The first-order valence-corrected chi connectivity index (χ1v) is 16.1. The summed E-state index contributed by atoms with van der Waals surface area (Å²) in [5, 5.41) is 8.02. The van der Waals surface area contributed by atoms with Crippen molar-refractivity contribution in [3.63, 3.8) is 0 Å². The Morgan fingerprint density at radius 1 is 0.659 bits per heavy atom. The first kappa shape index (κ1) is 30.7. The molecule has 8 nitrogen and oxygen atoms in total. The highest BCUT2D eigenvalue weighted by atomic mass is 35.5. The molecule has 0 aliphatic heterocycles. The van der Waals surface area contributed by atoms with Crippen LogP contribution in [0.5, 0.6) is 11.8 Å². The lowest BCUT2D eigenvalue weighted by Crippen LogP contribution is -2.27. The second-order valence-corrected chi connectivity index (χ2v) is 12.4. The van der Waals surface area contributed by atoms with Gasteiger partial charge in [-0.1, -0.05) is 72.4 Å². The highest BCUT2D eigenvalue weighted by molar-refractivity contribution is 6.39. The van der Waals surface area contributed by atoms with E-state index < -0.39 is 0 Å². The molecule has 4 aromatic rings. The molecule has 2 heterocycles. The molecule has 230 valence electrons. The van der Waals surface area contributed by atoms with Gasteiger partial charge in [-0.15, -0.1) is 0 Å². The Labute approximate surface area is 269 Å². The number of rotatable bonds is 13. The van der Waals surface area contributed by atoms with E-state index in [4.69, 9.17) is 42.6 Å². The van der Waals surface area contributed by atoms with E-state index in [2.05, 4.69) is 20.6 Å². The van der Waals surface area contributed by atoms with Crippen LogP contribution in [0.15, 0.2) is 48.8 Å². The molecule has 2 aliphatic carbocycles. The predicted octanol–water partition coefficient (Wildman–Crippen LogP) is 7.37. The first-order chi connectivity index (χ1) is 21.6. The zero-order chi connectivity index (χ0) is 30.5. The van der Waals surface area contributed by atoms with Gasteiger partial charge >= 0.3 is 0 Å². The van der Waals surface area contributed by atoms with E-state index in [0.717, 1.165) is 58.6 Å². The van der Waals surface area contributed by atoms with E-state index in [0.29, 0.717) is 46.3 Å². The molecular formula is C34H38Cl2N6O2. The maximum Gasteiger partial charge on any atom is 0.237 e. The first-order valence-electron chi connectivity index (χ1n) is 15.3. The molecule has 2 fully saturated rings. The fourth-order valence-corrected chi connectivity index (χ4v) is 6.33. The quantitative estimate of drug-likeness (QED) is 0.158. The van der Waals surface area contributed by atoms with Crippen LogP contribution in [0.3, 0.4) is 0 Å². The fraction of sp³-hybridized carbons (Fsp3) is 0.412. The third-order valence-corrected chi connectivity index (χ3v) is 9.56. The Hall–Kier alpha value is -3.30. The van der Waals surface area contributed by atoms with Crippen molar-refractivity contribution >= 4 is 23.2 Å². The average molecular weight is 634 g/mol. The molecule has 6 rings (SSSR count). The minimum absolute atomic E-state index is 0.485. The summed E-state index contributed by atoms with van der Waals surface area (Å²) in [5.41, 5.74) is 5.84. The number of nitrogens with zero attached hydrogens (tertiary/aromatic N) is 4. The van der Waals surface area contributed by atoms with Crippen LogP contribution in [0.25, 0.3) is 33.6 Å². The van der Waals surface area contributed by atoms with E-state index in [1.165, 1.54) is 38.5 Å². The third kappa shape index (κ3) is 6.69. The van der Waals surface area contributed by atoms with Crippen LogP contribution in [0.1, 0.15) is 49.9 Å². The summed E-state index contributed by atoms with van der Waals surface area (Å²) in [6, 6.07) is 11.6. The standard InChI is InChI=1S/C34H38Cl2N6O2/c1-43-33-29(17-37-15-21-7-3-8-21)39-19-27(41-33)25-13-5-11-23(31(25)35)24-12-6-14-26(32(24)36)28-20-40-30(34(42-28)44-2)18-38-16-22-9-4-10-22/h5-6,11-14,19-22,37-38H,3-4,7-10,15-18H2,1-2H3. The molecule has 0 bridgehead atoms. The third-order valence-electron chi connectivity index (χ3n) is 8.75. The molecule has 0 amide bonds. The summed E-state index contributed by atoms with van der Waals surface area (Å²) in [5.74, 6) is 2.49. The molecule has 0 spiro atoms. The van der Waals surface area contributed by atoms with Crippen molar-refractivity contribution in [2.45, 2.75) is 51.6 Å². The molecule has 0 atom stereocenters. The van der Waals surface area contributed by atoms with Crippen LogP contribution >= 0.6 is 23.2 Å². The van der Waals surface area contributed by atoms with Crippen LogP contribution < -0.4 is 20.1 Å². The van der Waals surface area contributed by atoms with E-state index >= 15 is 0 Å². The lowest BCUT2D eigenvalue weighted by atomic mass is 9.85. The molecular weight excluding hydrogens is 595 g/mol. The van der Waals surface area contributed by atoms with Gasteiger partial charge in [0.1, 0.15) is 11.4 Å². The number of aromatic nitrogens is 4. The Morgan fingerprint density at radius 2 is 1.07 bits per heavy atom. The molecule has 2 N–H and O–H groups in total. The maximum absolute atomic E-state index is 7.04. The second kappa shape index (κ2) is 14.2. The van der Waals surface area contributed by atoms with Gasteiger partial charge in [0.25, 0.3) is 0 Å². The van der Waals surface area contributed by atoms with Gasteiger partial charge in [-0.05, 0) is 50.6 Å². The van der Waals surface area contributed by atoms with Crippen LogP contribution in [-0.2, 0) is 13.1 Å². The number of benzene rings is 2. The minimum Gasteiger partial charge on any atom is -0.480 e. The Kier molecular flexibility index (Phi) is 9.92. The summed E-state index contributed by atoms with van der Waals surface area (Å²) >= 11 is 14.1. The number of methoxy groups -OCH3 is 2. The molecule has 0 saturated heterocycles. The zero-order valence-corrected chi connectivity index (χ0v) is 26.7. The van der Waals surface area contributed by atoms with Crippen molar-refractivity contribution in [1.29, 1.82) is 0 Å². The fourth-order valence-electron chi connectivity index (χ4n) is 5.68. The maximum atomic E-state index is 7.04. The van der Waals surface area contributed by atoms with Crippen LogP contribution in [0.2, 0.25) is 10.0 Å². The topological polar surface area (TPSA) is 94.1 Å². The Morgan fingerprint density at radius 3 is 1.43 bits per heavy atom. The number of hydrogen-bond acceptors (Lipinski definition) is 8. The summed E-state index contributed by atoms with van der Waals surface area (Å²) in [6.45, 7) is 3.18. The van der Waals surface area contributed by atoms with Gasteiger partial charge in [0.05, 0.1) is 48.0 Å². The Bertz CT molecular complexity index is 1490. The minimum atomic E-state index is 0.485. The second-order valence-electron chi connectivity index (χ2n) is 11.6. The van der Waals surface area contributed by atoms with E-state index in [9.17, 15) is 0 Å². The number of hydrogen-bond donors (Lipinski definition) is 2. The lowest BCUT2D eigenvalue weighted by molar-refractivity contribution is 0.299. The van der Waals surface area contributed by atoms with Gasteiger partial charge < -0.3 is 20.1 Å². The van der Waals surface area contributed by atoms with E-state index in [1.807, 2.05) is 36.4 Å². The van der Waals surface area contributed by atoms with Crippen molar-refractivity contribution in [3.05, 3.63) is 70.2 Å². The van der Waals surface area contributed by atoms with Gasteiger partial charge in [0.15, 0.2) is 0 Å². The van der Waals surface area contributed by atoms with E-state index in [-0.39, 0.29) is 0 Å². The lowest BCUT2D eigenvalue weighted by Gasteiger charge is -2.25. The highest BCUT2D eigenvalue weighted by Crippen LogP contribution is 2.42. The van der Waals surface area contributed by atoms with Gasteiger partial charge in [-0.2, -0.15) is 0 Å². The van der Waals surface area contributed by atoms with Gasteiger partial charge in [-0.3, -0.25) is 9.97 Å². The highest BCUT2D eigenvalue weighted by Gasteiger charge is 2.21. The molecule has 2 aromatic heterocycles. The molecule has 2 aliphatic rings. The number of ether oxygens (including phenoxy) is 2. The normalized spacial score (nSPS) is 15.1. The molecule has 0 radical (unpaired) electrons. The van der Waals surface area contributed by atoms with Crippen molar-refractivity contribution in [2.24, 2.45) is 11.8 Å². The van der Waals surface area contributed by atoms with Crippen molar-refractivity contribution in [1.82, 2.24) is 30.6 Å². The number of nitrogens with one attached hydrogen (secondary N) is 2. The van der Waals surface area contributed by atoms with Crippen LogP contribution in [0.4, 0.5) is 0 Å². The van der Waals surface area contributed by atoms with Gasteiger partial charge in [-0.25, -0.2) is 9.97 Å². The number of halogens is 2. The molecule has 2 aromatic carbocycles. The molecule has 10 heteroatoms. The van der Waals surface area contributed by atoms with Crippen LogP contribution in [0, 0.1) is 11.8 Å². The smallest absolute Gasteiger partial charge is 0.237 e. The van der Waals surface area contributed by atoms with Crippen molar-refractivity contribution < 1.29 is 9.47 Å². The molecule has 2 saturated carbocycles. The molecule has 0 unspecified atom stereocenters. The zero-order valence-electron chi connectivity index (χ0n) is 25.2. The monoisotopic (exact) mass is 632 g/mol. The van der Waals surface area contributed by atoms with Gasteiger partial charge in [0.2, 0.25) is 11.8 Å². The Balaban J connectivity index is 1.24. The van der Waals surface area contributed by atoms with Crippen LogP contribution in [-0.4, -0.2) is 47.2 Å². The summed E-state index contributed by atoms with van der Waals surface area (Å²) < 4.78 is 11.2. The van der Waals surface area contributed by atoms with Crippen molar-refractivity contribution in [2.75, 3.05) is 27.3 Å².